The number of carbonyl (C=O) groups excluding carboxylic acids is 1. The molecular formula is C18H21N7O. The molecule has 1 aromatic carbocycles. The van der Waals surface area contributed by atoms with E-state index in [0.717, 1.165) is 24.2 Å². The summed E-state index contributed by atoms with van der Waals surface area (Å²) in [6, 6.07) is 10.4. The number of H-pyrrole nitrogens is 1. The van der Waals surface area contributed by atoms with Gasteiger partial charge in [-0.2, -0.15) is 0 Å². The Hall–Kier alpha value is -3.03. The number of rotatable bonds is 6. The third-order valence-electron chi connectivity index (χ3n) is 4.85. The van der Waals surface area contributed by atoms with Gasteiger partial charge in [-0.25, -0.2) is 9.67 Å². The molecular weight excluding hydrogens is 330 g/mol. The molecule has 0 aliphatic carbocycles. The van der Waals surface area contributed by atoms with E-state index in [1.165, 1.54) is 11.9 Å². The standard InChI is InChI=1S/C18H21N7O/c26-17(8-9-25-13-21-22-23-25)24-10-15(18-16(11-24)19-12-20-18)7-6-14-4-2-1-3-5-14/h1-5,12-13,15H,6-11H2,(H,19,20). The summed E-state index contributed by atoms with van der Waals surface area (Å²) in [5.74, 6) is 0.368. The number of imidazole rings is 1. The Kier molecular flexibility index (Phi) is 4.72. The number of tetrazole rings is 1. The Bertz CT molecular complexity index is 844. The molecule has 134 valence electrons. The summed E-state index contributed by atoms with van der Waals surface area (Å²) in [5.41, 5.74) is 3.46. The third kappa shape index (κ3) is 3.63. The maximum atomic E-state index is 12.7. The van der Waals surface area contributed by atoms with Gasteiger partial charge in [-0.1, -0.05) is 30.3 Å². The van der Waals surface area contributed by atoms with Gasteiger partial charge >= 0.3 is 0 Å². The normalized spacial score (nSPS) is 16.5. The Morgan fingerprint density at radius 2 is 2.15 bits per heavy atom. The van der Waals surface area contributed by atoms with Crippen LogP contribution in [0.3, 0.4) is 0 Å². The molecule has 4 rings (SSSR count). The molecule has 3 aromatic rings. The van der Waals surface area contributed by atoms with Crippen molar-refractivity contribution in [1.82, 2.24) is 35.1 Å². The van der Waals surface area contributed by atoms with E-state index in [0.29, 0.717) is 26.1 Å². The summed E-state index contributed by atoms with van der Waals surface area (Å²) in [6.07, 6.45) is 5.59. The number of carbonyl (C=O) groups is 1. The highest BCUT2D eigenvalue weighted by Gasteiger charge is 2.29. The van der Waals surface area contributed by atoms with Crippen LogP contribution in [0.25, 0.3) is 0 Å². The van der Waals surface area contributed by atoms with Crippen LogP contribution in [0.2, 0.25) is 0 Å². The van der Waals surface area contributed by atoms with Crippen LogP contribution in [0, 0.1) is 0 Å². The van der Waals surface area contributed by atoms with E-state index in [1.807, 2.05) is 11.0 Å². The predicted molar refractivity (Wildman–Crippen MR) is 93.9 cm³/mol. The van der Waals surface area contributed by atoms with E-state index >= 15 is 0 Å². The summed E-state index contributed by atoms with van der Waals surface area (Å²) in [7, 11) is 0. The van der Waals surface area contributed by atoms with Gasteiger partial charge in [0, 0.05) is 18.9 Å². The maximum absolute atomic E-state index is 12.7. The number of aromatic nitrogens is 6. The van der Waals surface area contributed by atoms with Gasteiger partial charge in [0.05, 0.1) is 30.8 Å². The zero-order valence-corrected chi connectivity index (χ0v) is 14.5. The average Bonchev–Trinajstić information content (AvgIpc) is 3.36. The van der Waals surface area contributed by atoms with Crippen LogP contribution in [-0.2, 0) is 24.3 Å². The number of hydrogen-bond acceptors (Lipinski definition) is 5. The molecule has 1 aliphatic rings. The highest BCUT2D eigenvalue weighted by atomic mass is 16.2. The van der Waals surface area contributed by atoms with E-state index in [4.69, 9.17) is 0 Å². The van der Waals surface area contributed by atoms with E-state index in [9.17, 15) is 4.79 Å². The Morgan fingerprint density at radius 1 is 1.27 bits per heavy atom. The maximum Gasteiger partial charge on any atom is 0.224 e. The van der Waals surface area contributed by atoms with Crippen LogP contribution in [0.4, 0.5) is 0 Å². The Morgan fingerprint density at radius 3 is 2.96 bits per heavy atom. The van der Waals surface area contributed by atoms with Crippen LogP contribution in [0.5, 0.6) is 0 Å². The summed E-state index contributed by atoms with van der Waals surface area (Å²) in [6.45, 7) is 1.79. The topological polar surface area (TPSA) is 92.6 Å². The summed E-state index contributed by atoms with van der Waals surface area (Å²) in [4.78, 5) is 22.3. The second-order valence-corrected chi connectivity index (χ2v) is 6.58. The van der Waals surface area contributed by atoms with Crippen LogP contribution in [-0.4, -0.2) is 47.5 Å². The van der Waals surface area contributed by atoms with Crippen molar-refractivity contribution in [3.05, 3.63) is 59.9 Å². The zero-order valence-electron chi connectivity index (χ0n) is 14.5. The number of hydrogen-bond donors (Lipinski definition) is 1. The van der Waals surface area contributed by atoms with Crippen molar-refractivity contribution in [2.45, 2.75) is 38.3 Å². The number of amides is 1. The molecule has 0 fully saturated rings. The van der Waals surface area contributed by atoms with Gasteiger partial charge in [-0.15, -0.1) is 5.10 Å². The lowest BCUT2D eigenvalue weighted by molar-refractivity contribution is -0.132. The zero-order chi connectivity index (χ0) is 17.8. The Balaban J connectivity index is 1.41. The van der Waals surface area contributed by atoms with Crippen molar-refractivity contribution >= 4 is 5.91 Å². The minimum Gasteiger partial charge on any atom is -0.347 e. The summed E-state index contributed by atoms with van der Waals surface area (Å²) < 4.78 is 1.58. The van der Waals surface area contributed by atoms with Gasteiger partial charge in [-0.3, -0.25) is 4.79 Å². The minimum atomic E-state index is 0.116. The lowest BCUT2D eigenvalue weighted by Crippen LogP contribution is -2.39. The molecule has 0 saturated carbocycles. The molecule has 1 atom stereocenters. The van der Waals surface area contributed by atoms with Gasteiger partial charge in [0.25, 0.3) is 0 Å². The van der Waals surface area contributed by atoms with Crippen LogP contribution >= 0.6 is 0 Å². The van der Waals surface area contributed by atoms with Crippen molar-refractivity contribution in [2.75, 3.05) is 6.54 Å². The minimum absolute atomic E-state index is 0.116. The van der Waals surface area contributed by atoms with Crippen molar-refractivity contribution in [1.29, 1.82) is 0 Å². The van der Waals surface area contributed by atoms with Crippen molar-refractivity contribution in [2.24, 2.45) is 0 Å². The summed E-state index contributed by atoms with van der Waals surface area (Å²) in [5, 5.41) is 11.0. The smallest absolute Gasteiger partial charge is 0.224 e. The molecule has 3 heterocycles. The molecule has 1 N–H and O–H groups in total. The van der Waals surface area contributed by atoms with Gasteiger partial charge in [0.2, 0.25) is 5.91 Å². The van der Waals surface area contributed by atoms with Gasteiger partial charge in [-0.05, 0) is 28.8 Å². The molecule has 0 saturated heterocycles. The van der Waals surface area contributed by atoms with Gasteiger partial charge < -0.3 is 9.88 Å². The number of aromatic amines is 1. The fraction of sp³-hybridized carbons (Fsp3) is 0.389. The first kappa shape index (κ1) is 16.4. The highest BCUT2D eigenvalue weighted by molar-refractivity contribution is 5.76. The molecule has 0 radical (unpaired) electrons. The monoisotopic (exact) mass is 351 g/mol. The van der Waals surface area contributed by atoms with E-state index in [-0.39, 0.29) is 11.8 Å². The molecule has 8 heteroatoms. The second-order valence-electron chi connectivity index (χ2n) is 6.58. The first-order valence-electron chi connectivity index (χ1n) is 8.84. The van der Waals surface area contributed by atoms with Gasteiger partial charge in [0.1, 0.15) is 6.33 Å². The first-order chi connectivity index (χ1) is 12.8. The van der Waals surface area contributed by atoms with E-state index in [2.05, 4.69) is 49.8 Å². The van der Waals surface area contributed by atoms with Crippen molar-refractivity contribution < 1.29 is 4.79 Å². The average molecular weight is 351 g/mol. The lowest BCUT2D eigenvalue weighted by atomic mass is 9.91. The number of nitrogens with zero attached hydrogens (tertiary/aromatic N) is 6. The van der Waals surface area contributed by atoms with Crippen LogP contribution in [0.1, 0.15) is 35.7 Å². The van der Waals surface area contributed by atoms with Crippen molar-refractivity contribution in [3.63, 3.8) is 0 Å². The molecule has 1 unspecified atom stereocenters. The second kappa shape index (κ2) is 7.47. The number of nitrogens with one attached hydrogen (secondary N) is 1. The molecule has 1 aliphatic heterocycles. The number of aryl methyl sites for hydroxylation is 2. The largest absolute Gasteiger partial charge is 0.347 e. The lowest BCUT2D eigenvalue weighted by Gasteiger charge is -2.32. The molecule has 1 amide bonds. The first-order valence-corrected chi connectivity index (χ1v) is 8.84. The summed E-state index contributed by atoms with van der Waals surface area (Å²) >= 11 is 0. The molecule has 2 aromatic heterocycles. The van der Waals surface area contributed by atoms with E-state index in [1.54, 1.807) is 11.0 Å². The van der Waals surface area contributed by atoms with E-state index < -0.39 is 0 Å². The highest BCUT2D eigenvalue weighted by Crippen LogP contribution is 2.29. The Labute approximate surface area is 151 Å². The quantitative estimate of drug-likeness (QED) is 0.727. The van der Waals surface area contributed by atoms with Crippen LogP contribution < -0.4 is 0 Å². The fourth-order valence-corrected chi connectivity index (χ4v) is 3.47. The molecule has 8 nitrogen and oxygen atoms in total. The molecule has 0 spiro atoms. The predicted octanol–water partition coefficient (Wildman–Crippen LogP) is 1.55. The SMILES string of the molecule is O=C(CCn1cnnn1)N1Cc2[nH]cnc2C(CCc2ccccc2)C1. The molecule has 0 bridgehead atoms. The third-order valence-corrected chi connectivity index (χ3v) is 4.85. The van der Waals surface area contributed by atoms with Gasteiger partial charge in [0.15, 0.2) is 0 Å². The number of fused-ring (bicyclic) bond motifs is 1. The van der Waals surface area contributed by atoms with Crippen molar-refractivity contribution in [3.8, 4) is 0 Å². The fourth-order valence-electron chi connectivity index (χ4n) is 3.47. The van der Waals surface area contributed by atoms with Crippen LogP contribution in [0.15, 0.2) is 43.0 Å². The number of benzene rings is 1. The molecule has 26 heavy (non-hydrogen) atoms.